The average Bonchev–Trinajstić information content (AvgIpc) is 2.64. The van der Waals surface area contributed by atoms with E-state index in [9.17, 15) is 8.42 Å². The number of nitrogens with zero attached hydrogens (tertiary/aromatic N) is 1. The van der Waals surface area contributed by atoms with Gasteiger partial charge < -0.3 is 15.4 Å². The third-order valence-corrected chi connectivity index (χ3v) is 4.82. The molecule has 2 aromatic rings. The second-order valence-corrected chi connectivity index (χ2v) is 7.77. The van der Waals surface area contributed by atoms with Gasteiger partial charge in [0.1, 0.15) is 12.4 Å². The van der Waals surface area contributed by atoms with Crippen molar-refractivity contribution in [3.05, 3.63) is 60.2 Å². The van der Waals surface area contributed by atoms with Crippen molar-refractivity contribution in [1.82, 2.24) is 10.6 Å². The molecular weight excluding hydrogens is 350 g/mol. The van der Waals surface area contributed by atoms with E-state index in [1.165, 1.54) is 6.26 Å². The summed E-state index contributed by atoms with van der Waals surface area (Å²) in [5, 5.41) is 6.42. The smallest absolute Gasteiger partial charge is 0.191 e. The summed E-state index contributed by atoms with van der Waals surface area (Å²) in [5.74, 6) is 1.55. The van der Waals surface area contributed by atoms with Crippen molar-refractivity contribution in [3.8, 4) is 5.75 Å². The number of para-hydroxylation sites is 1. The lowest BCUT2D eigenvalue weighted by Gasteiger charge is -2.12. The normalized spacial score (nSPS) is 11.8. The molecule has 26 heavy (non-hydrogen) atoms. The minimum Gasteiger partial charge on any atom is -0.492 e. The highest BCUT2D eigenvalue weighted by Gasteiger charge is 2.06. The molecule has 0 saturated carbocycles. The number of guanidine groups is 1. The predicted molar refractivity (Wildman–Crippen MR) is 105 cm³/mol. The molecule has 6 nitrogen and oxygen atoms in total. The fourth-order valence-electron chi connectivity index (χ4n) is 2.30. The number of sulfone groups is 1. The van der Waals surface area contributed by atoms with Gasteiger partial charge in [0.15, 0.2) is 15.8 Å². The Morgan fingerprint density at radius 1 is 1.00 bits per heavy atom. The average molecular weight is 375 g/mol. The first-order valence-corrected chi connectivity index (χ1v) is 10.3. The van der Waals surface area contributed by atoms with Crippen LogP contribution in [0, 0.1) is 0 Å². The van der Waals surface area contributed by atoms with Crippen molar-refractivity contribution in [2.75, 3.05) is 33.0 Å². The standard InChI is InChI=1S/C19H25N3O3S/c1-20-19(22-14-15-25-17-6-4-3-5-7-17)21-13-12-16-8-10-18(11-9-16)26(2,23)24/h3-11H,12-15H2,1-2H3,(H2,20,21,22). The third kappa shape index (κ3) is 6.76. The fraction of sp³-hybridized carbons (Fsp3) is 0.316. The number of aliphatic imine (C=N–C) groups is 1. The number of rotatable bonds is 8. The highest BCUT2D eigenvalue weighted by Crippen LogP contribution is 2.10. The molecular formula is C19H25N3O3S. The first kappa shape index (κ1) is 19.8. The van der Waals surface area contributed by atoms with Crippen LogP contribution < -0.4 is 15.4 Å². The van der Waals surface area contributed by atoms with Gasteiger partial charge in [-0.05, 0) is 36.2 Å². The molecule has 7 heteroatoms. The molecule has 0 fully saturated rings. The van der Waals surface area contributed by atoms with Crippen molar-refractivity contribution < 1.29 is 13.2 Å². The third-order valence-electron chi connectivity index (χ3n) is 3.69. The van der Waals surface area contributed by atoms with Crippen LogP contribution in [-0.2, 0) is 16.3 Å². The molecule has 2 rings (SSSR count). The number of benzene rings is 2. The van der Waals surface area contributed by atoms with E-state index in [4.69, 9.17) is 4.74 Å². The second kappa shape index (κ2) is 9.82. The molecule has 2 N–H and O–H groups in total. The Labute approximate surface area is 155 Å². The molecule has 0 atom stereocenters. The molecule has 0 radical (unpaired) electrons. The highest BCUT2D eigenvalue weighted by atomic mass is 32.2. The van der Waals surface area contributed by atoms with E-state index in [0.717, 1.165) is 17.7 Å². The van der Waals surface area contributed by atoms with Gasteiger partial charge in [-0.15, -0.1) is 0 Å². The van der Waals surface area contributed by atoms with Gasteiger partial charge in [0, 0.05) is 19.8 Å². The Kier molecular flexibility index (Phi) is 7.47. The van der Waals surface area contributed by atoms with Crippen LogP contribution in [0.2, 0.25) is 0 Å². The molecule has 0 aliphatic rings. The summed E-state index contributed by atoms with van der Waals surface area (Å²) in [5.41, 5.74) is 1.06. The van der Waals surface area contributed by atoms with Crippen molar-refractivity contribution >= 4 is 15.8 Å². The van der Waals surface area contributed by atoms with Gasteiger partial charge >= 0.3 is 0 Å². The van der Waals surface area contributed by atoms with E-state index in [2.05, 4.69) is 15.6 Å². The van der Waals surface area contributed by atoms with Gasteiger partial charge in [-0.25, -0.2) is 8.42 Å². The molecule has 0 spiro atoms. The second-order valence-electron chi connectivity index (χ2n) is 5.75. The highest BCUT2D eigenvalue weighted by molar-refractivity contribution is 7.90. The van der Waals surface area contributed by atoms with Crippen LogP contribution in [0.5, 0.6) is 5.75 Å². The molecule has 0 aromatic heterocycles. The van der Waals surface area contributed by atoms with Crippen molar-refractivity contribution in [3.63, 3.8) is 0 Å². The van der Waals surface area contributed by atoms with Crippen LogP contribution in [0.25, 0.3) is 0 Å². The van der Waals surface area contributed by atoms with Gasteiger partial charge in [0.25, 0.3) is 0 Å². The minimum atomic E-state index is -3.15. The summed E-state index contributed by atoms with van der Waals surface area (Å²) in [6.45, 7) is 1.87. The summed E-state index contributed by atoms with van der Waals surface area (Å²) < 4.78 is 28.5. The molecule has 2 aromatic carbocycles. The molecule has 0 heterocycles. The molecule has 0 bridgehead atoms. The summed E-state index contributed by atoms with van der Waals surface area (Å²) in [6, 6.07) is 16.6. The van der Waals surface area contributed by atoms with Crippen molar-refractivity contribution in [1.29, 1.82) is 0 Å². The molecule has 0 amide bonds. The molecule has 0 aliphatic heterocycles. The van der Waals surface area contributed by atoms with Gasteiger partial charge in [0.05, 0.1) is 11.4 Å². The number of nitrogens with one attached hydrogen (secondary N) is 2. The number of hydrogen-bond donors (Lipinski definition) is 2. The monoisotopic (exact) mass is 375 g/mol. The van der Waals surface area contributed by atoms with Crippen LogP contribution in [0.3, 0.4) is 0 Å². The van der Waals surface area contributed by atoms with Crippen LogP contribution in [0.15, 0.2) is 64.5 Å². The summed E-state index contributed by atoms with van der Waals surface area (Å²) in [4.78, 5) is 4.51. The molecule has 0 aliphatic carbocycles. The van der Waals surface area contributed by atoms with Crippen LogP contribution in [0.1, 0.15) is 5.56 Å². The Morgan fingerprint density at radius 2 is 1.65 bits per heavy atom. The summed E-state index contributed by atoms with van der Waals surface area (Å²) in [7, 11) is -1.43. The zero-order chi connectivity index (χ0) is 18.8. The number of hydrogen-bond acceptors (Lipinski definition) is 4. The van der Waals surface area contributed by atoms with E-state index in [1.54, 1.807) is 19.2 Å². The predicted octanol–water partition coefficient (Wildman–Crippen LogP) is 1.88. The lowest BCUT2D eigenvalue weighted by Crippen LogP contribution is -2.40. The van der Waals surface area contributed by atoms with Gasteiger partial charge in [-0.3, -0.25) is 4.99 Å². The largest absolute Gasteiger partial charge is 0.492 e. The maximum atomic E-state index is 11.5. The summed E-state index contributed by atoms with van der Waals surface area (Å²) in [6.07, 6.45) is 1.98. The lowest BCUT2D eigenvalue weighted by molar-refractivity contribution is 0.322. The maximum Gasteiger partial charge on any atom is 0.191 e. The first-order chi connectivity index (χ1) is 12.5. The fourth-order valence-corrected chi connectivity index (χ4v) is 2.93. The Bertz CT molecular complexity index is 804. The van der Waals surface area contributed by atoms with E-state index < -0.39 is 9.84 Å². The Morgan fingerprint density at radius 3 is 2.27 bits per heavy atom. The number of ether oxygens (including phenoxy) is 1. The zero-order valence-corrected chi connectivity index (χ0v) is 15.9. The van der Waals surface area contributed by atoms with Crippen molar-refractivity contribution in [2.24, 2.45) is 4.99 Å². The van der Waals surface area contributed by atoms with E-state index in [-0.39, 0.29) is 0 Å². The minimum absolute atomic E-state index is 0.338. The van der Waals surface area contributed by atoms with Crippen LogP contribution in [0.4, 0.5) is 0 Å². The van der Waals surface area contributed by atoms with E-state index in [0.29, 0.717) is 30.6 Å². The quantitative estimate of drug-likeness (QED) is 0.418. The molecule has 0 saturated heterocycles. The Balaban J connectivity index is 1.68. The van der Waals surface area contributed by atoms with Crippen molar-refractivity contribution in [2.45, 2.75) is 11.3 Å². The lowest BCUT2D eigenvalue weighted by atomic mass is 10.1. The van der Waals surface area contributed by atoms with Crippen LogP contribution in [-0.4, -0.2) is 47.4 Å². The van der Waals surface area contributed by atoms with Crippen LogP contribution >= 0.6 is 0 Å². The molecule has 0 unspecified atom stereocenters. The topological polar surface area (TPSA) is 79.8 Å². The van der Waals surface area contributed by atoms with E-state index in [1.807, 2.05) is 42.5 Å². The van der Waals surface area contributed by atoms with Gasteiger partial charge in [-0.1, -0.05) is 30.3 Å². The summed E-state index contributed by atoms with van der Waals surface area (Å²) >= 11 is 0. The zero-order valence-electron chi connectivity index (χ0n) is 15.1. The van der Waals surface area contributed by atoms with Gasteiger partial charge in [-0.2, -0.15) is 0 Å². The SMILES string of the molecule is CN=C(NCCOc1ccccc1)NCCc1ccc(S(C)(=O)=O)cc1. The maximum absolute atomic E-state index is 11.5. The van der Waals surface area contributed by atoms with E-state index >= 15 is 0 Å². The molecule has 140 valence electrons. The Hall–Kier alpha value is -2.54. The first-order valence-electron chi connectivity index (χ1n) is 8.40. The van der Waals surface area contributed by atoms with Gasteiger partial charge in [0.2, 0.25) is 0 Å².